The molecule has 0 radical (unpaired) electrons. The van der Waals surface area contributed by atoms with Crippen molar-refractivity contribution in [1.29, 1.82) is 5.26 Å². The van der Waals surface area contributed by atoms with Crippen LogP contribution in [0.15, 0.2) is 67.0 Å². The van der Waals surface area contributed by atoms with Crippen molar-refractivity contribution in [3.05, 3.63) is 83.7 Å². The minimum Gasteiger partial charge on any atom is -0.305 e. The van der Waals surface area contributed by atoms with E-state index in [1.807, 2.05) is 36.4 Å². The predicted molar refractivity (Wildman–Crippen MR) is 118 cm³/mol. The van der Waals surface area contributed by atoms with Crippen molar-refractivity contribution in [2.75, 3.05) is 4.90 Å². The average Bonchev–Trinajstić information content (AvgIpc) is 2.98. The van der Waals surface area contributed by atoms with Crippen LogP contribution < -0.4 is 4.90 Å². The number of carbonyl (C=O) groups is 2. The second-order valence-electron chi connectivity index (χ2n) is 8.34. The maximum Gasteiger partial charge on any atom is 0.417 e. The Morgan fingerprint density at radius 2 is 1.59 bits per heavy atom. The van der Waals surface area contributed by atoms with E-state index >= 15 is 0 Å². The number of hydrogen-bond acceptors (Lipinski definition) is 4. The third kappa shape index (κ3) is 3.99. The fraction of sp³-hybridized carbons (Fsp3) is 0.200. The number of hydrogen-bond donors (Lipinski definition) is 0. The highest BCUT2D eigenvalue weighted by Crippen LogP contribution is 2.38. The maximum absolute atomic E-state index is 13.4. The van der Waals surface area contributed by atoms with Crippen LogP contribution in [-0.4, -0.2) is 27.4 Å². The molecule has 2 aromatic carbocycles. The number of pyridine rings is 1. The summed E-state index contributed by atoms with van der Waals surface area (Å²) in [7, 11) is 0. The number of carbonyl (C=O) groups excluding carboxylic acids is 2. The lowest BCUT2D eigenvalue weighted by atomic mass is 10.0. The van der Waals surface area contributed by atoms with E-state index in [4.69, 9.17) is 5.26 Å². The number of nitriles is 1. The fourth-order valence-corrected chi connectivity index (χ4v) is 3.86. The number of rotatable bonds is 4. The summed E-state index contributed by atoms with van der Waals surface area (Å²) in [6.07, 6.45) is -1.44. The van der Waals surface area contributed by atoms with Gasteiger partial charge in [0.2, 0.25) is 0 Å². The van der Waals surface area contributed by atoms with E-state index in [1.165, 1.54) is 17.0 Å². The zero-order valence-electron chi connectivity index (χ0n) is 18.3. The summed E-state index contributed by atoms with van der Waals surface area (Å²) in [6.45, 7) is 3.19. The average molecular weight is 464 g/mol. The van der Waals surface area contributed by atoms with Crippen LogP contribution in [0, 0.1) is 11.3 Å². The molecule has 1 fully saturated rings. The number of amides is 3. The van der Waals surface area contributed by atoms with Gasteiger partial charge in [-0.1, -0.05) is 24.3 Å². The molecule has 0 unspecified atom stereocenters. The van der Waals surface area contributed by atoms with Crippen molar-refractivity contribution in [3.63, 3.8) is 0 Å². The predicted octanol–water partition coefficient (Wildman–Crippen LogP) is 5.39. The molecule has 1 aliphatic rings. The van der Waals surface area contributed by atoms with E-state index in [0.29, 0.717) is 6.07 Å². The largest absolute Gasteiger partial charge is 0.417 e. The van der Waals surface area contributed by atoms with Gasteiger partial charge in [-0.05, 0) is 60.9 Å². The van der Waals surface area contributed by atoms with Gasteiger partial charge in [0.15, 0.2) is 0 Å². The van der Waals surface area contributed by atoms with Crippen LogP contribution in [0.4, 0.5) is 23.7 Å². The molecule has 9 heteroatoms. The van der Waals surface area contributed by atoms with Crippen LogP contribution in [0.1, 0.15) is 30.5 Å². The van der Waals surface area contributed by atoms with E-state index in [9.17, 15) is 22.8 Å². The number of nitrogens with zero attached hydrogens (tertiary/aromatic N) is 4. The van der Waals surface area contributed by atoms with Gasteiger partial charge in [-0.3, -0.25) is 9.78 Å². The summed E-state index contributed by atoms with van der Waals surface area (Å²) in [5.74, 6) is -0.649. The molecule has 0 spiro atoms. The first-order valence-corrected chi connectivity index (χ1v) is 10.3. The van der Waals surface area contributed by atoms with Gasteiger partial charge in [0.1, 0.15) is 5.54 Å². The Kier molecular flexibility index (Phi) is 5.61. The second kappa shape index (κ2) is 8.30. The molecule has 0 aliphatic carbocycles. The summed E-state index contributed by atoms with van der Waals surface area (Å²) < 4.78 is 40.2. The van der Waals surface area contributed by atoms with E-state index in [2.05, 4.69) is 4.98 Å². The van der Waals surface area contributed by atoms with Crippen molar-refractivity contribution < 1.29 is 22.8 Å². The van der Waals surface area contributed by atoms with Gasteiger partial charge in [-0.15, -0.1) is 0 Å². The van der Waals surface area contributed by atoms with E-state index in [0.717, 1.165) is 27.7 Å². The number of halogens is 3. The Morgan fingerprint density at radius 3 is 2.18 bits per heavy atom. The molecule has 0 saturated carbocycles. The minimum absolute atomic E-state index is 0.0904. The number of urea groups is 1. The van der Waals surface area contributed by atoms with Crippen LogP contribution >= 0.6 is 0 Å². The molecule has 0 N–H and O–H groups in total. The summed E-state index contributed by atoms with van der Waals surface area (Å²) in [5, 5.41) is 9.01. The summed E-state index contributed by atoms with van der Waals surface area (Å²) in [6, 6.07) is 14.7. The molecular formula is C25H19F3N4O2. The smallest absolute Gasteiger partial charge is 0.305 e. The number of aromatic nitrogens is 1. The van der Waals surface area contributed by atoms with Gasteiger partial charge in [-0.25, -0.2) is 9.69 Å². The zero-order valence-corrected chi connectivity index (χ0v) is 18.3. The lowest BCUT2D eigenvalue weighted by molar-refractivity contribution is -0.137. The Balaban J connectivity index is 1.64. The Hall–Kier alpha value is -4.19. The first-order valence-electron chi connectivity index (χ1n) is 10.3. The normalized spacial score (nSPS) is 15.5. The molecule has 1 saturated heterocycles. The fourth-order valence-electron chi connectivity index (χ4n) is 3.86. The molecule has 4 rings (SSSR count). The van der Waals surface area contributed by atoms with Gasteiger partial charge in [-0.2, -0.15) is 18.4 Å². The van der Waals surface area contributed by atoms with Crippen molar-refractivity contribution >= 4 is 17.6 Å². The Bertz CT molecular complexity index is 1300. The maximum atomic E-state index is 13.4. The number of imide groups is 1. The molecule has 1 aromatic heterocycles. The van der Waals surface area contributed by atoms with E-state index < -0.39 is 34.8 Å². The molecule has 3 aromatic rings. The lowest BCUT2D eigenvalue weighted by Crippen LogP contribution is -2.43. The highest BCUT2D eigenvalue weighted by molar-refractivity contribution is 6.23. The highest BCUT2D eigenvalue weighted by atomic mass is 19.4. The van der Waals surface area contributed by atoms with Gasteiger partial charge < -0.3 is 4.90 Å². The third-order valence-electron chi connectivity index (χ3n) is 5.82. The molecule has 3 amide bonds. The molecule has 172 valence electrons. The topological polar surface area (TPSA) is 77.3 Å². The van der Waals surface area contributed by atoms with E-state index in [-0.39, 0.29) is 12.2 Å². The van der Waals surface area contributed by atoms with Crippen LogP contribution in [0.3, 0.4) is 0 Å². The van der Waals surface area contributed by atoms with Crippen LogP contribution in [0.25, 0.3) is 11.1 Å². The van der Waals surface area contributed by atoms with Crippen molar-refractivity contribution in [2.24, 2.45) is 0 Å². The molecule has 0 atom stereocenters. The van der Waals surface area contributed by atoms with Crippen LogP contribution in [-0.2, 0) is 17.5 Å². The van der Waals surface area contributed by atoms with Crippen LogP contribution in [0.5, 0.6) is 0 Å². The summed E-state index contributed by atoms with van der Waals surface area (Å²) >= 11 is 0. The second-order valence-corrected chi connectivity index (χ2v) is 8.34. The van der Waals surface area contributed by atoms with Crippen molar-refractivity contribution in [1.82, 2.24) is 9.88 Å². The Morgan fingerprint density at radius 1 is 0.971 bits per heavy atom. The van der Waals surface area contributed by atoms with Crippen molar-refractivity contribution in [3.8, 4) is 17.2 Å². The third-order valence-corrected chi connectivity index (χ3v) is 5.82. The quantitative estimate of drug-likeness (QED) is 0.486. The minimum atomic E-state index is -4.81. The highest BCUT2D eigenvalue weighted by Gasteiger charge is 2.52. The zero-order chi connectivity index (χ0) is 24.7. The van der Waals surface area contributed by atoms with Gasteiger partial charge in [0.25, 0.3) is 5.91 Å². The number of anilines is 1. The number of alkyl halides is 3. The number of benzene rings is 2. The molecule has 1 aliphatic heterocycles. The summed E-state index contributed by atoms with van der Waals surface area (Å²) in [5.41, 5.74) is -0.617. The molecular weight excluding hydrogens is 445 g/mol. The van der Waals surface area contributed by atoms with Crippen molar-refractivity contribution in [2.45, 2.75) is 32.1 Å². The first kappa shape index (κ1) is 23.0. The Labute approximate surface area is 193 Å². The summed E-state index contributed by atoms with van der Waals surface area (Å²) in [4.78, 5) is 32.4. The van der Waals surface area contributed by atoms with Gasteiger partial charge in [0, 0.05) is 18.9 Å². The monoisotopic (exact) mass is 464 g/mol. The van der Waals surface area contributed by atoms with Gasteiger partial charge in [0.05, 0.1) is 22.9 Å². The first-order chi connectivity index (χ1) is 16.0. The van der Waals surface area contributed by atoms with E-state index in [1.54, 1.807) is 26.2 Å². The van der Waals surface area contributed by atoms with Gasteiger partial charge >= 0.3 is 12.2 Å². The molecule has 34 heavy (non-hydrogen) atoms. The molecule has 2 heterocycles. The van der Waals surface area contributed by atoms with Crippen LogP contribution in [0.2, 0.25) is 0 Å². The molecule has 6 nitrogen and oxygen atoms in total. The standard InChI is InChI=1S/C25H19F3N4O2/c1-24(2)22(33)32(20-8-7-19(14-29)21(13-20)25(26,27)28)23(34)31(24)15-16-3-5-17(6-4-16)18-9-11-30-12-10-18/h3-13H,15H2,1-2H3. The molecule has 0 bridgehead atoms. The lowest BCUT2D eigenvalue weighted by Gasteiger charge is -2.27. The SMILES string of the molecule is CC1(C)C(=O)N(c2ccc(C#N)c(C(F)(F)F)c2)C(=O)N1Cc1ccc(-c2ccncc2)cc1.